The molecule has 7 rings (SSSR count). The van der Waals surface area contributed by atoms with Crippen LogP contribution in [0.2, 0.25) is 0 Å². The number of hydrogen-bond donors (Lipinski definition) is 0. The molecule has 3 heterocycles. The number of pyridine rings is 1. The van der Waals surface area contributed by atoms with E-state index in [1.165, 1.54) is 49.2 Å². The van der Waals surface area contributed by atoms with Crippen LogP contribution in [-0.4, -0.2) is 14.1 Å². The molecule has 7 aromatic rings. The van der Waals surface area contributed by atoms with Crippen LogP contribution in [0.5, 0.6) is 0 Å². The van der Waals surface area contributed by atoms with Gasteiger partial charge in [-0.1, -0.05) is 99.6 Å². The molecule has 0 atom stereocenters. The number of fused-ring (bicyclic) bond motifs is 6. The molecule has 3 nitrogen and oxygen atoms in total. The first-order valence-corrected chi connectivity index (χ1v) is 12.5. The van der Waals surface area contributed by atoms with Crippen LogP contribution in [0, 0.1) is 0 Å². The fourth-order valence-electron chi connectivity index (χ4n) is 5.64. The van der Waals surface area contributed by atoms with E-state index in [1.807, 2.05) is 0 Å². The minimum absolute atomic E-state index is 0.0752. The molecular weight excluding hydrogens is 438 g/mol. The first-order chi connectivity index (χ1) is 17.5. The molecule has 0 radical (unpaired) electrons. The zero-order valence-electron chi connectivity index (χ0n) is 20.7. The van der Waals surface area contributed by atoms with Gasteiger partial charge >= 0.3 is 0 Å². The van der Waals surface area contributed by atoms with Crippen molar-refractivity contribution >= 4 is 43.6 Å². The van der Waals surface area contributed by atoms with Gasteiger partial charge < -0.3 is 0 Å². The van der Waals surface area contributed by atoms with Gasteiger partial charge in [-0.05, 0) is 35.7 Å². The molecule has 0 aliphatic heterocycles. The Morgan fingerprint density at radius 3 is 1.28 bits per heavy atom. The summed E-state index contributed by atoms with van der Waals surface area (Å²) < 4.78 is 4.65. The Bertz CT molecular complexity index is 1820. The molecule has 0 fully saturated rings. The van der Waals surface area contributed by atoms with Gasteiger partial charge in [0.15, 0.2) is 0 Å². The fourth-order valence-corrected chi connectivity index (χ4v) is 5.64. The molecule has 0 unspecified atom stereocenters. The molecule has 0 bridgehead atoms. The van der Waals surface area contributed by atoms with Gasteiger partial charge in [0.25, 0.3) is 0 Å². The highest BCUT2D eigenvalue weighted by Crippen LogP contribution is 2.37. The van der Waals surface area contributed by atoms with Crippen molar-refractivity contribution in [3.05, 3.63) is 115 Å². The van der Waals surface area contributed by atoms with Gasteiger partial charge in [0.1, 0.15) is 11.6 Å². The Hall–Kier alpha value is -4.37. The highest BCUT2D eigenvalue weighted by atomic mass is 15.1. The van der Waals surface area contributed by atoms with E-state index in [-0.39, 0.29) is 5.41 Å². The fraction of sp³-hybridized carbons (Fsp3) is 0.121. The van der Waals surface area contributed by atoms with Crippen LogP contribution >= 0.6 is 0 Å². The predicted molar refractivity (Wildman–Crippen MR) is 152 cm³/mol. The zero-order valence-corrected chi connectivity index (χ0v) is 20.7. The highest BCUT2D eigenvalue weighted by molar-refractivity contribution is 6.10. The number of benzene rings is 4. The Morgan fingerprint density at radius 1 is 0.472 bits per heavy atom. The summed E-state index contributed by atoms with van der Waals surface area (Å²) in [6.45, 7) is 6.80. The second kappa shape index (κ2) is 7.56. The van der Waals surface area contributed by atoms with Gasteiger partial charge in [0.05, 0.1) is 22.1 Å². The normalized spacial score (nSPS) is 12.3. The number of rotatable bonds is 2. The summed E-state index contributed by atoms with van der Waals surface area (Å²) >= 11 is 0. The standard InChI is InChI=1S/C33H27N3/c1-33(2,3)26-20-21-31(35-27-16-8-4-12-22(27)23-13-5-9-17-28(23)35)34-32(26)36-29-18-10-6-14-24(29)25-15-7-11-19-30(25)36/h4-21H,1-3H3. The maximum Gasteiger partial charge on any atom is 0.143 e. The maximum absolute atomic E-state index is 5.45. The summed E-state index contributed by atoms with van der Waals surface area (Å²) in [5.41, 5.74) is 5.84. The lowest BCUT2D eigenvalue weighted by molar-refractivity contribution is 0.583. The summed E-state index contributed by atoms with van der Waals surface area (Å²) in [5, 5.41) is 4.98. The van der Waals surface area contributed by atoms with E-state index in [0.717, 1.165) is 11.6 Å². The van der Waals surface area contributed by atoms with Crippen molar-refractivity contribution in [1.82, 2.24) is 14.1 Å². The van der Waals surface area contributed by atoms with Gasteiger partial charge in [0, 0.05) is 27.1 Å². The lowest BCUT2D eigenvalue weighted by atomic mass is 9.87. The molecule has 0 amide bonds. The van der Waals surface area contributed by atoms with Crippen LogP contribution in [0.25, 0.3) is 55.2 Å². The van der Waals surface area contributed by atoms with E-state index in [4.69, 9.17) is 4.98 Å². The van der Waals surface area contributed by atoms with E-state index >= 15 is 0 Å². The first-order valence-electron chi connectivity index (χ1n) is 12.5. The molecule has 0 aliphatic rings. The third-order valence-electron chi connectivity index (χ3n) is 7.27. The molecule has 3 heteroatoms. The van der Waals surface area contributed by atoms with Crippen molar-refractivity contribution in [2.45, 2.75) is 26.2 Å². The monoisotopic (exact) mass is 465 g/mol. The van der Waals surface area contributed by atoms with Crippen LogP contribution in [0.15, 0.2) is 109 Å². The first kappa shape index (κ1) is 21.0. The van der Waals surface area contributed by atoms with Crippen LogP contribution in [0.3, 0.4) is 0 Å². The molecule has 0 N–H and O–H groups in total. The Balaban J connectivity index is 1.62. The summed E-state index contributed by atoms with van der Waals surface area (Å²) in [7, 11) is 0. The summed E-state index contributed by atoms with van der Waals surface area (Å²) in [4.78, 5) is 5.45. The second-order valence-corrected chi connectivity index (χ2v) is 10.5. The molecule has 3 aromatic heterocycles. The Morgan fingerprint density at radius 2 is 0.861 bits per heavy atom. The van der Waals surface area contributed by atoms with Crippen LogP contribution in [0.4, 0.5) is 0 Å². The van der Waals surface area contributed by atoms with Crippen molar-refractivity contribution in [1.29, 1.82) is 0 Å². The average Bonchev–Trinajstić information content (AvgIpc) is 3.41. The Labute approximate surface area is 210 Å². The maximum atomic E-state index is 5.45. The quantitative estimate of drug-likeness (QED) is 0.251. The van der Waals surface area contributed by atoms with Gasteiger partial charge in [-0.3, -0.25) is 9.13 Å². The molecule has 174 valence electrons. The van der Waals surface area contributed by atoms with Crippen LogP contribution in [0.1, 0.15) is 26.3 Å². The van der Waals surface area contributed by atoms with E-state index in [1.54, 1.807) is 0 Å². The van der Waals surface area contributed by atoms with Crippen molar-refractivity contribution in [3.8, 4) is 11.6 Å². The lowest BCUT2D eigenvalue weighted by Gasteiger charge is -2.24. The molecule has 0 saturated carbocycles. The SMILES string of the molecule is CC(C)(C)c1ccc(-n2c3ccccc3c3ccccc32)nc1-n1c2ccccc2c2ccccc21. The van der Waals surface area contributed by atoms with Crippen LogP contribution in [-0.2, 0) is 5.41 Å². The van der Waals surface area contributed by atoms with Crippen molar-refractivity contribution in [2.75, 3.05) is 0 Å². The number of nitrogens with zero attached hydrogens (tertiary/aromatic N) is 3. The lowest BCUT2D eigenvalue weighted by Crippen LogP contribution is -2.17. The van der Waals surface area contributed by atoms with E-state index in [2.05, 4.69) is 139 Å². The summed E-state index contributed by atoms with van der Waals surface area (Å²) in [6.07, 6.45) is 0. The van der Waals surface area contributed by atoms with E-state index in [0.29, 0.717) is 0 Å². The molecule has 4 aromatic carbocycles. The number of aromatic nitrogens is 3. The number of hydrogen-bond acceptors (Lipinski definition) is 1. The largest absolute Gasteiger partial charge is 0.294 e. The van der Waals surface area contributed by atoms with Gasteiger partial charge in [-0.2, -0.15) is 0 Å². The second-order valence-electron chi connectivity index (χ2n) is 10.5. The molecule has 0 saturated heterocycles. The van der Waals surface area contributed by atoms with Crippen LogP contribution < -0.4 is 0 Å². The average molecular weight is 466 g/mol. The molecule has 0 aliphatic carbocycles. The van der Waals surface area contributed by atoms with E-state index < -0.39 is 0 Å². The summed E-state index contributed by atoms with van der Waals surface area (Å²) in [6, 6.07) is 39.0. The minimum atomic E-state index is -0.0752. The van der Waals surface area contributed by atoms with Gasteiger partial charge in [-0.15, -0.1) is 0 Å². The van der Waals surface area contributed by atoms with E-state index in [9.17, 15) is 0 Å². The van der Waals surface area contributed by atoms with Crippen molar-refractivity contribution in [3.63, 3.8) is 0 Å². The topological polar surface area (TPSA) is 22.8 Å². The van der Waals surface area contributed by atoms with Gasteiger partial charge in [-0.25, -0.2) is 4.98 Å². The third-order valence-corrected chi connectivity index (χ3v) is 7.27. The van der Waals surface area contributed by atoms with Crippen molar-refractivity contribution < 1.29 is 0 Å². The summed E-state index contributed by atoms with van der Waals surface area (Å²) in [5.74, 6) is 1.91. The molecular formula is C33H27N3. The Kier molecular flexibility index (Phi) is 4.40. The smallest absolute Gasteiger partial charge is 0.143 e. The molecule has 36 heavy (non-hydrogen) atoms. The third kappa shape index (κ3) is 2.96. The van der Waals surface area contributed by atoms with Crippen molar-refractivity contribution in [2.24, 2.45) is 0 Å². The predicted octanol–water partition coefficient (Wildman–Crippen LogP) is 8.57. The zero-order chi connectivity index (χ0) is 24.4. The number of para-hydroxylation sites is 4. The van der Waals surface area contributed by atoms with Gasteiger partial charge in [0.2, 0.25) is 0 Å². The highest BCUT2D eigenvalue weighted by Gasteiger charge is 2.24. The molecule has 0 spiro atoms. The minimum Gasteiger partial charge on any atom is -0.294 e.